The van der Waals surface area contributed by atoms with E-state index in [0.29, 0.717) is 6.04 Å². The van der Waals surface area contributed by atoms with Gasteiger partial charge in [-0.3, -0.25) is 0 Å². The van der Waals surface area contributed by atoms with Crippen molar-refractivity contribution >= 4 is 12.6 Å². The molecule has 1 aliphatic heterocycles. The predicted molar refractivity (Wildman–Crippen MR) is 34.2 cm³/mol. The molecule has 0 aromatic rings. The third kappa shape index (κ3) is 1.05. The number of nitrogens with one attached hydrogen (secondary N) is 1. The van der Waals surface area contributed by atoms with E-state index < -0.39 is 0 Å². The second-order valence-electron chi connectivity index (χ2n) is 1.69. The molecule has 0 aromatic heterocycles. The quantitative estimate of drug-likeness (QED) is 0.522. The molecule has 1 unspecified atom stereocenters. The van der Waals surface area contributed by atoms with Gasteiger partial charge in [0.05, 0.1) is 6.04 Å². The minimum atomic E-state index is 0.347. The molecule has 44 valence electrons. The number of aliphatic imine (C=N–C) groups is 1. The highest BCUT2D eigenvalue weighted by molar-refractivity contribution is 5.77. The molecule has 0 saturated heterocycles. The largest absolute Gasteiger partial charge is 0.300 e. The SMILES string of the molecule is CCC1C=NC=NN1. The molecule has 0 aromatic carbocycles. The number of hydrazone groups is 1. The van der Waals surface area contributed by atoms with E-state index in [0.717, 1.165) is 6.42 Å². The standard InChI is InChI=1S/C5H9N3/c1-2-5-3-6-4-7-8-5/h3-5,8H,2H2,1H3. The predicted octanol–water partition coefficient (Wildman–Crippen LogP) is 0.382. The number of hydrogen-bond acceptors (Lipinski definition) is 3. The Morgan fingerprint density at radius 2 is 2.62 bits per heavy atom. The van der Waals surface area contributed by atoms with Crippen LogP contribution in [0.5, 0.6) is 0 Å². The molecule has 0 bridgehead atoms. The molecule has 3 heteroatoms. The van der Waals surface area contributed by atoms with Gasteiger partial charge in [-0.25, -0.2) is 4.99 Å². The van der Waals surface area contributed by atoms with Crippen LogP contribution in [0.4, 0.5) is 0 Å². The average Bonchev–Trinajstić information content (AvgIpc) is 1.90. The van der Waals surface area contributed by atoms with Crippen molar-refractivity contribution in [2.24, 2.45) is 10.1 Å². The Morgan fingerprint density at radius 3 is 3.00 bits per heavy atom. The van der Waals surface area contributed by atoms with Crippen LogP contribution in [0.1, 0.15) is 13.3 Å². The van der Waals surface area contributed by atoms with Crippen molar-refractivity contribution in [3.8, 4) is 0 Å². The zero-order valence-corrected chi connectivity index (χ0v) is 4.83. The van der Waals surface area contributed by atoms with E-state index in [1.807, 2.05) is 6.21 Å². The van der Waals surface area contributed by atoms with Gasteiger partial charge in [-0.2, -0.15) is 5.10 Å². The number of rotatable bonds is 1. The Labute approximate surface area is 48.5 Å². The van der Waals surface area contributed by atoms with Crippen molar-refractivity contribution in [3.63, 3.8) is 0 Å². The lowest BCUT2D eigenvalue weighted by molar-refractivity contribution is 0.638. The average molecular weight is 111 g/mol. The van der Waals surface area contributed by atoms with E-state index in [4.69, 9.17) is 0 Å². The lowest BCUT2D eigenvalue weighted by atomic mass is 10.3. The van der Waals surface area contributed by atoms with Gasteiger partial charge in [-0.15, -0.1) is 0 Å². The van der Waals surface area contributed by atoms with E-state index in [9.17, 15) is 0 Å². The topological polar surface area (TPSA) is 36.8 Å². The van der Waals surface area contributed by atoms with Crippen LogP contribution in [0.15, 0.2) is 10.1 Å². The molecule has 1 aliphatic rings. The van der Waals surface area contributed by atoms with Gasteiger partial charge in [-0.1, -0.05) is 6.92 Å². The van der Waals surface area contributed by atoms with Gasteiger partial charge in [0.25, 0.3) is 0 Å². The van der Waals surface area contributed by atoms with Gasteiger partial charge < -0.3 is 5.43 Å². The maximum absolute atomic E-state index is 3.85. The molecule has 1 rings (SSSR count). The van der Waals surface area contributed by atoms with Crippen molar-refractivity contribution in [3.05, 3.63) is 0 Å². The summed E-state index contributed by atoms with van der Waals surface area (Å²) in [6.07, 6.45) is 4.40. The molecule has 0 spiro atoms. The molecule has 0 fully saturated rings. The Balaban J connectivity index is 2.40. The van der Waals surface area contributed by atoms with Crippen LogP contribution in [0.2, 0.25) is 0 Å². The van der Waals surface area contributed by atoms with Crippen LogP contribution in [-0.2, 0) is 0 Å². The molecule has 0 aliphatic carbocycles. The summed E-state index contributed by atoms with van der Waals surface area (Å²) in [6.45, 7) is 2.09. The van der Waals surface area contributed by atoms with Gasteiger partial charge in [0.15, 0.2) is 0 Å². The molecule has 0 radical (unpaired) electrons. The summed E-state index contributed by atoms with van der Waals surface area (Å²) in [5, 5.41) is 3.76. The first-order valence-corrected chi connectivity index (χ1v) is 2.74. The normalized spacial score (nSPS) is 25.4. The monoisotopic (exact) mass is 111 g/mol. The van der Waals surface area contributed by atoms with Crippen LogP contribution in [0.3, 0.4) is 0 Å². The maximum Gasteiger partial charge on any atom is 0.134 e. The summed E-state index contributed by atoms with van der Waals surface area (Å²) in [6, 6.07) is 0.347. The van der Waals surface area contributed by atoms with Crippen LogP contribution < -0.4 is 5.43 Å². The summed E-state index contributed by atoms with van der Waals surface area (Å²) in [5.74, 6) is 0. The van der Waals surface area contributed by atoms with E-state index in [-0.39, 0.29) is 0 Å². The van der Waals surface area contributed by atoms with Crippen LogP contribution in [-0.4, -0.2) is 18.6 Å². The first kappa shape index (κ1) is 5.28. The second-order valence-corrected chi connectivity index (χ2v) is 1.69. The van der Waals surface area contributed by atoms with E-state index in [1.165, 1.54) is 6.34 Å². The fourth-order valence-corrected chi connectivity index (χ4v) is 0.535. The highest BCUT2D eigenvalue weighted by Gasteiger charge is 1.99. The summed E-state index contributed by atoms with van der Waals surface area (Å²) < 4.78 is 0. The molecule has 1 atom stereocenters. The van der Waals surface area contributed by atoms with Crippen molar-refractivity contribution in [2.75, 3.05) is 0 Å². The molecule has 1 N–H and O–H groups in total. The third-order valence-corrected chi connectivity index (χ3v) is 1.07. The molecule has 8 heavy (non-hydrogen) atoms. The molecule has 3 nitrogen and oxygen atoms in total. The fraction of sp³-hybridized carbons (Fsp3) is 0.600. The Kier molecular flexibility index (Phi) is 1.62. The Hall–Kier alpha value is -0.860. The summed E-state index contributed by atoms with van der Waals surface area (Å²) in [4.78, 5) is 3.85. The fourth-order valence-electron chi connectivity index (χ4n) is 0.535. The minimum Gasteiger partial charge on any atom is -0.300 e. The highest BCUT2D eigenvalue weighted by atomic mass is 15.3. The van der Waals surface area contributed by atoms with Gasteiger partial charge in [0.1, 0.15) is 6.34 Å². The molecular formula is C5H9N3. The third-order valence-electron chi connectivity index (χ3n) is 1.07. The number of nitrogens with zero attached hydrogens (tertiary/aromatic N) is 2. The van der Waals surface area contributed by atoms with E-state index in [2.05, 4.69) is 22.4 Å². The van der Waals surface area contributed by atoms with Gasteiger partial charge in [-0.05, 0) is 6.42 Å². The smallest absolute Gasteiger partial charge is 0.134 e. The first-order valence-electron chi connectivity index (χ1n) is 2.74. The van der Waals surface area contributed by atoms with Crippen LogP contribution >= 0.6 is 0 Å². The van der Waals surface area contributed by atoms with Crippen molar-refractivity contribution < 1.29 is 0 Å². The zero-order valence-electron chi connectivity index (χ0n) is 4.83. The van der Waals surface area contributed by atoms with Crippen LogP contribution in [0, 0.1) is 0 Å². The summed E-state index contributed by atoms with van der Waals surface area (Å²) in [7, 11) is 0. The van der Waals surface area contributed by atoms with Gasteiger partial charge >= 0.3 is 0 Å². The van der Waals surface area contributed by atoms with Crippen LogP contribution in [0.25, 0.3) is 0 Å². The lowest BCUT2D eigenvalue weighted by Gasteiger charge is -2.09. The lowest BCUT2D eigenvalue weighted by Crippen LogP contribution is -2.27. The van der Waals surface area contributed by atoms with Crippen molar-refractivity contribution in [1.82, 2.24) is 5.43 Å². The highest BCUT2D eigenvalue weighted by Crippen LogP contribution is 1.88. The van der Waals surface area contributed by atoms with Crippen molar-refractivity contribution in [1.29, 1.82) is 0 Å². The number of hydrogen-bond donors (Lipinski definition) is 1. The minimum absolute atomic E-state index is 0.347. The zero-order chi connectivity index (χ0) is 5.82. The maximum atomic E-state index is 3.85. The Morgan fingerprint density at radius 1 is 1.75 bits per heavy atom. The second kappa shape index (κ2) is 2.45. The van der Waals surface area contributed by atoms with Gasteiger partial charge in [0, 0.05) is 6.21 Å². The molecule has 0 saturated carbocycles. The van der Waals surface area contributed by atoms with E-state index in [1.54, 1.807) is 0 Å². The molecular weight excluding hydrogens is 102 g/mol. The van der Waals surface area contributed by atoms with Crippen molar-refractivity contribution in [2.45, 2.75) is 19.4 Å². The molecule has 1 heterocycles. The summed E-state index contributed by atoms with van der Waals surface area (Å²) in [5.41, 5.74) is 2.89. The first-order chi connectivity index (χ1) is 3.93. The van der Waals surface area contributed by atoms with Gasteiger partial charge in [0.2, 0.25) is 0 Å². The summed E-state index contributed by atoms with van der Waals surface area (Å²) >= 11 is 0. The Bertz CT molecular complexity index is 117. The van der Waals surface area contributed by atoms with E-state index >= 15 is 0 Å². The molecule has 0 amide bonds.